The molecule has 1 aromatic rings. The van der Waals surface area contributed by atoms with Gasteiger partial charge in [0, 0.05) is 13.1 Å². The van der Waals surface area contributed by atoms with Crippen molar-refractivity contribution in [1.29, 1.82) is 0 Å². The topological polar surface area (TPSA) is 146 Å². The fourth-order valence-electron chi connectivity index (χ4n) is 1.15. The molecule has 0 saturated carbocycles. The van der Waals surface area contributed by atoms with Gasteiger partial charge < -0.3 is 26.6 Å². The summed E-state index contributed by atoms with van der Waals surface area (Å²) < 4.78 is 0. The van der Waals surface area contributed by atoms with Crippen molar-refractivity contribution in [2.75, 3.05) is 42.7 Å². The molecule has 0 aliphatic carbocycles. The third-order valence-electron chi connectivity index (χ3n) is 1.80. The average molecular weight is 242 g/mol. The Bertz CT molecular complexity index is 357. The molecule has 94 valence electrons. The molecule has 9 nitrogen and oxygen atoms in total. The molecule has 0 aromatic carbocycles. The zero-order valence-corrected chi connectivity index (χ0v) is 9.05. The molecule has 0 aliphatic rings. The minimum absolute atomic E-state index is 0.0406. The Morgan fingerprint density at radius 2 is 1.59 bits per heavy atom. The van der Waals surface area contributed by atoms with E-state index in [4.69, 9.17) is 15.9 Å². The lowest BCUT2D eigenvalue weighted by atomic mass is 10.4. The molecule has 1 rings (SSSR count). The molecule has 0 fully saturated rings. The van der Waals surface area contributed by atoms with Crippen molar-refractivity contribution in [3.8, 4) is 0 Å². The minimum Gasteiger partial charge on any atom is -0.395 e. The second kappa shape index (κ2) is 6.55. The maximum absolute atomic E-state index is 10.7. The first kappa shape index (κ1) is 13.1. The number of rotatable bonds is 7. The Labute approximate surface area is 97.1 Å². The van der Waals surface area contributed by atoms with Gasteiger partial charge in [0.25, 0.3) is 0 Å². The standard InChI is InChI=1S/C8H14N6O3/c9-8-12-6(10-1-3-15)5(14-17)7(13-8)11-2-4-16/h15-16H,1-4H2,(H4,9,10,11,12,13). The molecular weight excluding hydrogens is 228 g/mol. The van der Waals surface area contributed by atoms with Crippen LogP contribution in [0.3, 0.4) is 0 Å². The largest absolute Gasteiger partial charge is 0.395 e. The van der Waals surface area contributed by atoms with Crippen molar-refractivity contribution in [3.05, 3.63) is 4.91 Å². The van der Waals surface area contributed by atoms with E-state index in [2.05, 4.69) is 25.8 Å². The normalized spacial score (nSPS) is 10.0. The number of nitrogens with zero attached hydrogens (tertiary/aromatic N) is 3. The maximum atomic E-state index is 10.7. The van der Waals surface area contributed by atoms with Crippen LogP contribution >= 0.6 is 0 Å². The number of nitrogens with two attached hydrogens (primary N) is 1. The van der Waals surface area contributed by atoms with Crippen LogP contribution in [0, 0.1) is 4.91 Å². The second-order valence-electron chi connectivity index (χ2n) is 3.02. The van der Waals surface area contributed by atoms with Gasteiger partial charge in [0.15, 0.2) is 17.3 Å². The van der Waals surface area contributed by atoms with Gasteiger partial charge in [-0.1, -0.05) is 0 Å². The number of nitrogens with one attached hydrogen (secondary N) is 2. The summed E-state index contributed by atoms with van der Waals surface area (Å²) in [4.78, 5) is 18.3. The van der Waals surface area contributed by atoms with E-state index in [9.17, 15) is 4.91 Å². The lowest BCUT2D eigenvalue weighted by Crippen LogP contribution is -2.13. The Balaban J connectivity index is 3.01. The quantitative estimate of drug-likeness (QED) is 0.393. The van der Waals surface area contributed by atoms with E-state index in [1.807, 2.05) is 0 Å². The third kappa shape index (κ3) is 3.50. The molecule has 1 aromatic heterocycles. The highest BCUT2D eigenvalue weighted by Gasteiger charge is 2.13. The van der Waals surface area contributed by atoms with Crippen LogP contribution in [0.5, 0.6) is 0 Å². The fraction of sp³-hybridized carbons (Fsp3) is 0.500. The van der Waals surface area contributed by atoms with Crippen LogP contribution in [0.1, 0.15) is 0 Å². The summed E-state index contributed by atoms with van der Waals surface area (Å²) >= 11 is 0. The molecule has 0 unspecified atom stereocenters. The highest BCUT2D eigenvalue weighted by Crippen LogP contribution is 2.30. The summed E-state index contributed by atoms with van der Waals surface area (Å²) in [6.07, 6.45) is 0. The van der Waals surface area contributed by atoms with Gasteiger partial charge in [-0.2, -0.15) is 9.97 Å². The van der Waals surface area contributed by atoms with Crippen LogP contribution in [0.4, 0.5) is 23.3 Å². The van der Waals surface area contributed by atoms with Gasteiger partial charge in [-0.3, -0.25) is 0 Å². The number of nitrogen functional groups attached to an aromatic ring is 1. The lowest BCUT2D eigenvalue weighted by Gasteiger charge is -2.10. The zero-order chi connectivity index (χ0) is 12.7. The van der Waals surface area contributed by atoms with Crippen molar-refractivity contribution >= 4 is 23.3 Å². The monoisotopic (exact) mass is 242 g/mol. The molecule has 0 spiro atoms. The van der Waals surface area contributed by atoms with Crippen LogP contribution < -0.4 is 16.4 Å². The second-order valence-corrected chi connectivity index (χ2v) is 3.02. The molecular formula is C8H14N6O3. The average Bonchev–Trinajstić information content (AvgIpc) is 2.33. The molecule has 6 N–H and O–H groups in total. The Kier molecular flexibility index (Phi) is 5.04. The summed E-state index contributed by atoms with van der Waals surface area (Å²) in [6, 6.07) is 0. The van der Waals surface area contributed by atoms with Gasteiger partial charge in [0.2, 0.25) is 5.95 Å². The number of nitroso groups, excluding NO2 is 1. The van der Waals surface area contributed by atoms with E-state index in [0.29, 0.717) is 0 Å². The van der Waals surface area contributed by atoms with E-state index in [0.717, 1.165) is 0 Å². The van der Waals surface area contributed by atoms with Crippen molar-refractivity contribution in [2.45, 2.75) is 0 Å². The predicted octanol–water partition coefficient (Wildman–Crippen LogP) is -0.735. The molecule has 0 bridgehead atoms. The van der Waals surface area contributed by atoms with Gasteiger partial charge in [-0.25, -0.2) is 0 Å². The zero-order valence-electron chi connectivity index (χ0n) is 9.05. The highest BCUT2D eigenvalue weighted by atomic mass is 16.3. The highest BCUT2D eigenvalue weighted by molar-refractivity contribution is 5.75. The van der Waals surface area contributed by atoms with E-state index in [1.54, 1.807) is 0 Å². The van der Waals surface area contributed by atoms with Crippen LogP contribution in [0.25, 0.3) is 0 Å². The first-order valence-electron chi connectivity index (χ1n) is 4.93. The van der Waals surface area contributed by atoms with Crippen LogP contribution in [-0.4, -0.2) is 46.5 Å². The molecule has 17 heavy (non-hydrogen) atoms. The summed E-state index contributed by atoms with van der Waals surface area (Å²) in [5.41, 5.74) is 5.41. The number of aliphatic hydroxyl groups excluding tert-OH is 2. The van der Waals surface area contributed by atoms with E-state index in [-0.39, 0.29) is 49.6 Å². The molecule has 0 atom stereocenters. The van der Waals surface area contributed by atoms with Crippen molar-refractivity contribution in [1.82, 2.24) is 9.97 Å². The van der Waals surface area contributed by atoms with Crippen molar-refractivity contribution < 1.29 is 10.2 Å². The first-order chi connectivity index (χ1) is 8.22. The Morgan fingerprint density at radius 1 is 1.12 bits per heavy atom. The van der Waals surface area contributed by atoms with Crippen molar-refractivity contribution in [2.24, 2.45) is 5.18 Å². The number of anilines is 3. The smallest absolute Gasteiger partial charge is 0.224 e. The number of aromatic nitrogens is 2. The van der Waals surface area contributed by atoms with Gasteiger partial charge in [0.05, 0.1) is 13.2 Å². The summed E-state index contributed by atoms with van der Waals surface area (Å²) in [6.45, 7) is 0.167. The Morgan fingerprint density at radius 3 is 1.94 bits per heavy atom. The molecule has 0 saturated heterocycles. The van der Waals surface area contributed by atoms with Gasteiger partial charge >= 0.3 is 0 Å². The molecule has 1 heterocycles. The van der Waals surface area contributed by atoms with Crippen LogP contribution in [0.2, 0.25) is 0 Å². The van der Waals surface area contributed by atoms with E-state index >= 15 is 0 Å². The fourth-order valence-corrected chi connectivity index (χ4v) is 1.15. The van der Waals surface area contributed by atoms with E-state index in [1.165, 1.54) is 0 Å². The summed E-state index contributed by atoms with van der Waals surface area (Å²) in [5.74, 6) is 0.238. The van der Waals surface area contributed by atoms with Gasteiger partial charge in [-0.15, -0.1) is 4.91 Å². The molecule has 0 amide bonds. The van der Waals surface area contributed by atoms with Gasteiger partial charge in [0.1, 0.15) is 0 Å². The maximum Gasteiger partial charge on any atom is 0.224 e. The minimum atomic E-state index is -0.123. The van der Waals surface area contributed by atoms with Crippen molar-refractivity contribution in [3.63, 3.8) is 0 Å². The molecule has 9 heteroatoms. The third-order valence-corrected chi connectivity index (χ3v) is 1.80. The Hall–Kier alpha value is -2.00. The summed E-state index contributed by atoms with van der Waals surface area (Å²) in [7, 11) is 0. The van der Waals surface area contributed by atoms with Crippen LogP contribution in [0.15, 0.2) is 5.18 Å². The first-order valence-corrected chi connectivity index (χ1v) is 4.93. The number of hydrogen-bond donors (Lipinski definition) is 5. The molecule has 0 radical (unpaired) electrons. The number of hydrogen-bond acceptors (Lipinski definition) is 9. The number of aliphatic hydroxyl groups is 2. The predicted molar refractivity (Wildman–Crippen MR) is 63.1 cm³/mol. The van der Waals surface area contributed by atoms with Gasteiger partial charge in [-0.05, 0) is 5.18 Å². The molecule has 0 aliphatic heterocycles. The SMILES string of the molecule is Nc1nc(NCCO)c(N=O)c(NCCO)n1. The lowest BCUT2D eigenvalue weighted by molar-refractivity contribution is 0.311. The van der Waals surface area contributed by atoms with Crippen LogP contribution in [-0.2, 0) is 0 Å². The summed E-state index contributed by atoms with van der Waals surface area (Å²) in [5, 5.41) is 25.5. The van der Waals surface area contributed by atoms with E-state index < -0.39 is 0 Å².